The maximum absolute atomic E-state index is 12.9. The molecule has 0 aromatic heterocycles. The second kappa shape index (κ2) is 11.9. The molecule has 0 aromatic carbocycles. The Morgan fingerprint density at radius 2 is 1.31 bits per heavy atom. The zero-order valence-corrected chi connectivity index (χ0v) is 15.4. The first-order chi connectivity index (χ1) is 7.56. The van der Waals surface area contributed by atoms with Crippen LogP contribution in [0.1, 0.15) is 51.4 Å². The Morgan fingerprint density at radius 3 is 1.75 bits per heavy atom. The fourth-order valence-electron chi connectivity index (χ4n) is 1.45. The lowest BCUT2D eigenvalue weighted by atomic mass is 10.1. The minimum atomic E-state index is -1.52. The van der Waals surface area contributed by atoms with E-state index in [1.165, 1.54) is 38.5 Å². The highest BCUT2D eigenvalue weighted by atomic mass is 127. The third-order valence-electron chi connectivity index (χ3n) is 2.29. The van der Waals surface area contributed by atoms with Gasteiger partial charge in [-0.05, 0) is 12.8 Å². The van der Waals surface area contributed by atoms with Crippen molar-refractivity contribution in [1.82, 2.24) is 0 Å². The molecule has 0 aromatic rings. The molecule has 0 saturated heterocycles. The number of hydrogen-bond donors (Lipinski definition) is 0. The quantitative estimate of drug-likeness (QED) is 0.185. The van der Waals surface area contributed by atoms with Crippen LogP contribution in [0.5, 0.6) is 0 Å². The molecule has 0 N–H and O–H groups in total. The van der Waals surface area contributed by atoms with Crippen LogP contribution < -0.4 is 0 Å². The van der Waals surface area contributed by atoms with Crippen LogP contribution in [-0.4, -0.2) is 13.8 Å². The first-order valence-corrected chi connectivity index (χ1v) is 9.11. The maximum atomic E-state index is 12.9. The van der Waals surface area contributed by atoms with Crippen molar-refractivity contribution in [1.29, 1.82) is 0 Å². The number of hydrogen-bond acceptors (Lipinski definition) is 1. The van der Waals surface area contributed by atoms with E-state index in [2.05, 4.69) is 15.9 Å². The van der Waals surface area contributed by atoms with Gasteiger partial charge in [0, 0.05) is 50.5 Å². The van der Waals surface area contributed by atoms with Crippen molar-refractivity contribution in [2.24, 2.45) is 0 Å². The Hall–Kier alpha value is 1.83. The van der Waals surface area contributed by atoms with E-state index in [0.29, 0.717) is 6.61 Å². The van der Waals surface area contributed by atoms with Gasteiger partial charge >= 0.3 is 1.87 Å². The third kappa shape index (κ3) is 15.8. The van der Waals surface area contributed by atoms with Crippen LogP contribution in [0.25, 0.3) is 0 Å². The molecule has 0 rings (SSSR count). The van der Waals surface area contributed by atoms with Gasteiger partial charge in [-0.3, -0.25) is 0 Å². The number of unbranched alkanes of at least 4 members (excludes halogenated alkanes) is 7. The third-order valence-corrected chi connectivity index (χ3v) is 3.48. The number of ether oxygens (including phenoxy) is 1. The lowest BCUT2D eigenvalue weighted by Gasteiger charge is -2.11. The lowest BCUT2D eigenvalue weighted by Crippen LogP contribution is -2.09. The molecule has 0 aliphatic rings. The highest BCUT2D eigenvalue weighted by Crippen LogP contribution is 2.30. The first-order valence-electron chi connectivity index (χ1n) is 5.83. The maximum Gasteiger partial charge on any atom is 0.310 e. The summed E-state index contributed by atoms with van der Waals surface area (Å²) in [5, 5.41) is 1.13. The summed E-state index contributed by atoms with van der Waals surface area (Å²) >= 11 is 6.75. The molecule has 0 amide bonds. The van der Waals surface area contributed by atoms with Crippen LogP contribution in [0, 0.1) is 0 Å². The normalized spacial score (nSPS) is 12.0. The number of alkyl halides is 4. The average Bonchev–Trinajstić information content (AvgIpc) is 2.19. The van der Waals surface area contributed by atoms with Crippen molar-refractivity contribution in [2.75, 3.05) is 11.9 Å². The zero-order valence-electron chi connectivity index (χ0n) is 9.49. The molecule has 16 heavy (non-hydrogen) atoms. The van der Waals surface area contributed by atoms with Gasteiger partial charge in [0.25, 0.3) is 0 Å². The van der Waals surface area contributed by atoms with E-state index >= 15 is 0 Å². The smallest absolute Gasteiger partial charge is 0.310 e. The van der Waals surface area contributed by atoms with Gasteiger partial charge in [0.1, 0.15) is 0 Å². The summed E-state index contributed by atoms with van der Waals surface area (Å²) in [5.74, 6) is 0. The second-order valence-corrected chi connectivity index (χ2v) is 9.44. The van der Waals surface area contributed by atoms with Crippen LogP contribution in [0.3, 0.4) is 0 Å². The summed E-state index contributed by atoms with van der Waals surface area (Å²) in [7, 11) is 0. The van der Waals surface area contributed by atoms with Crippen molar-refractivity contribution in [3.05, 3.63) is 0 Å². The molecule has 98 valence electrons. The van der Waals surface area contributed by atoms with Crippen molar-refractivity contribution in [3.8, 4) is 0 Å². The van der Waals surface area contributed by atoms with Gasteiger partial charge in [0.2, 0.25) is 0 Å². The summed E-state index contributed by atoms with van der Waals surface area (Å²) in [4.78, 5) is 0. The molecule has 0 unspecified atom stereocenters. The fourth-order valence-corrected chi connectivity index (χ4v) is 2.28. The van der Waals surface area contributed by atoms with E-state index in [1.54, 1.807) is 45.2 Å². The Bertz CT molecular complexity index is 153. The van der Waals surface area contributed by atoms with Crippen LogP contribution in [0.4, 0.5) is 4.39 Å². The van der Waals surface area contributed by atoms with E-state index in [0.717, 1.165) is 18.2 Å². The summed E-state index contributed by atoms with van der Waals surface area (Å²) < 4.78 is 16.4. The Morgan fingerprint density at radius 1 is 0.875 bits per heavy atom. The van der Waals surface area contributed by atoms with Gasteiger partial charge in [0.05, 0.1) is 6.61 Å². The average molecular weight is 521 g/mol. The number of rotatable bonds is 11. The monoisotopic (exact) mass is 520 g/mol. The minimum absolute atomic E-state index is 0.534. The van der Waals surface area contributed by atoms with Gasteiger partial charge in [-0.15, -0.1) is 0 Å². The Balaban J connectivity index is 2.99. The predicted octanol–water partition coefficient (Wildman–Crippen LogP) is 5.97. The van der Waals surface area contributed by atoms with Gasteiger partial charge in [-0.1, -0.05) is 54.5 Å². The highest BCUT2D eigenvalue weighted by Gasteiger charge is 2.19. The predicted molar refractivity (Wildman–Crippen MR) is 88.6 cm³/mol. The molecule has 5 heteroatoms. The van der Waals surface area contributed by atoms with Gasteiger partial charge in [0.15, 0.2) is 0 Å². The van der Waals surface area contributed by atoms with Crippen molar-refractivity contribution >= 4 is 61.1 Å². The van der Waals surface area contributed by atoms with E-state index in [9.17, 15) is 4.39 Å². The largest absolute Gasteiger partial charge is 0.330 e. The molecule has 0 spiro atoms. The molecular formula is C11H20BrFI2O. The van der Waals surface area contributed by atoms with E-state index in [4.69, 9.17) is 4.74 Å². The molecule has 0 atom stereocenters. The zero-order chi connectivity index (χ0) is 12.3. The molecule has 0 heterocycles. The van der Waals surface area contributed by atoms with Crippen LogP contribution in [0.2, 0.25) is 0 Å². The molecule has 0 saturated carbocycles. The summed E-state index contributed by atoms with van der Waals surface area (Å²) in [6.07, 6.45) is 9.98. The number of halogens is 4. The van der Waals surface area contributed by atoms with Gasteiger partial charge < -0.3 is 4.74 Å². The van der Waals surface area contributed by atoms with Crippen molar-refractivity contribution in [2.45, 2.75) is 53.2 Å². The van der Waals surface area contributed by atoms with Crippen LogP contribution in [-0.2, 0) is 4.74 Å². The fraction of sp³-hybridized carbons (Fsp3) is 1.00. The highest BCUT2D eigenvalue weighted by molar-refractivity contribution is 14.2. The standard InChI is InChI=1S/C11H20BrFI2O/c12-9-7-5-3-1-2-4-6-8-10-16-11(13,14)15/h1-10H2. The SMILES string of the molecule is FC(I)(I)OCCCCCCCCCCBr. The van der Waals surface area contributed by atoms with E-state index in [1.807, 2.05) is 0 Å². The van der Waals surface area contributed by atoms with E-state index in [-0.39, 0.29) is 0 Å². The van der Waals surface area contributed by atoms with Gasteiger partial charge in [-0.25, -0.2) is 0 Å². The first kappa shape index (κ1) is 17.8. The summed E-state index contributed by atoms with van der Waals surface area (Å²) in [6.45, 7) is 0.534. The Kier molecular flexibility index (Phi) is 13.3. The molecule has 0 bridgehead atoms. The second-order valence-electron chi connectivity index (χ2n) is 3.81. The van der Waals surface area contributed by atoms with Crippen LogP contribution >= 0.6 is 61.1 Å². The lowest BCUT2D eigenvalue weighted by molar-refractivity contribution is 0.0258. The molecule has 0 aliphatic carbocycles. The van der Waals surface area contributed by atoms with Crippen molar-refractivity contribution < 1.29 is 9.13 Å². The Labute approximate surface area is 134 Å². The van der Waals surface area contributed by atoms with Crippen molar-refractivity contribution in [3.63, 3.8) is 0 Å². The summed E-state index contributed by atoms with van der Waals surface area (Å²) in [5.41, 5.74) is 0. The molecule has 0 fully saturated rings. The topological polar surface area (TPSA) is 9.23 Å². The summed E-state index contributed by atoms with van der Waals surface area (Å²) in [6, 6.07) is 0. The molecule has 0 aliphatic heterocycles. The molecular weight excluding hydrogens is 501 g/mol. The molecule has 1 nitrogen and oxygen atoms in total. The molecule has 0 radical (unpaired) electrons. The van der Waals surface area contributed by atoms with Gasteiger partial charge in [-0.2, -0.15) is 4.39 Å². The van der Waals surface area contributed by atoms with Crippen LogP contribution in [0.15, 0.2) is 0 Å². The minimum Gasteiger partial charge on any atom is -0.330 e. The van der Waals surface area contributed by atoms with E-state index < -0.39 is 1.87 Å².